The second-order valence-corrected chi connectivity index (χ2v) is 14.9. The fourth-order valence-electron chi connectivity index (χ4n) is 9.46. The van der Waals surface area contributed by atoms with E-state index in [1.54, 1.807) is 12.1 Å². The van der Waals surface area contributed by atoms with Crippen molar-refractivity contribution in [2.75, 3.05) is 13.7 Å². The summed E-state index contributed by atoms with van der Waals surface area (Å²) in [7, 11) is 1.50. The molecule has 5 N–H and O–H groups in total. The lowest BCUT2D eigenvalue weighted by Crippen LogP contribution is -2.40. The molecule has 0 saturated heterocycles. The van der Waals surface area contributed by atoms with Gasteiger partial charge in [-0.2, -0.15) is 0 Å². The van der Waals surface area contributed by atoms with Gasteiger partial charge < -0.3 is 26.0 Å². The van der Waals surface area contributed by atoms with Gasteiger partial charge in [-0.05, 0) is 109 Å². The summed E-state index contributed by atoms with van der Waals surface area (Å²) in [6.45, 7) is 2.95. The zero-order chi connectivity index (χ0) is 34.5. The number of benzene rings is 2. The summed E-state index contributed by atoms with van der Waals surface area (Å²) in [5.74, 6) is 6.70. The fourth-order valence-corrected chi connectivity index (χ4v) is 9.46. The maximum Gasteiger partial charge on any atom is 0.173 e. The molecule has 0 aromatic heterocycles. The first-order chi connectivity index (χ1) is 23.7. The predicted molar refractivity (Wildman–Crippen MR) is 192 cm³/mol. The molecule has 7 nitrogen and oxygen atoms in total. The lowest BCUT2D eigenvalue weighted by atomic mass is 9.65. The number of dihydropyridines is 1. The van der Waals surface area contributed by atoms with Crippen LogP contribution < -0.4 is 15.8 Å². The minimum absolute atomic E-state index is 0.00192. The molecule has 2 aromatic carbocycles. The molecular weight excluding hydrogens is 612 g/mol. The molecule has 6 rings (SSSR count). The number of allylic oxidation sites excluding steroid dienone is 2. The molecule has 0 amide bonds. The number of carbonyl (C=O) groups is 2. The van der Waals surface area contributed by atoms with Crippen LogP contribution in [-0.2, 0) is 16.0 Å². The summed E-state index contributed by atoms with van der Waals surface area (Å²) in [5.41, 5.74) is 10.1. The Morgan fingerprint density at radius 3 is 2.53 bits per heavy atom. The largest absolute Gasteiger partial charge is 0.504 e. The van der Waals surface area contributed by atoms with Crippen molar-refractivity contribution in [2.24, 2.45) is 34.8 Å². The number of ketones is 2. The number of fused-ring (bicyclic) bond motifs is 2. The number of ether oxygens (including phenoxy) is 1. The summed E-state index contributed by atoms with van der Waals surface area (Å²) in [6.07, 6.45) is 13.0. The van der Waals surface area contributed by atoms with Gasteiger partial charge in [-0.15, -0.1) is 0 Å². The van der Waals surface area contributed by atoms with E-state index < -0.39 is 23.7 Å². The Kier molecular flexibility index (Phi) is 10.8. The topological polar surface area (TPSA) is 122 Å². The summed E-state index contributed by atoms with van der Waals surface area (Å²) in [5, 5.41) is 25.5. The van der Waals surface area contributed by atoms with Crippen molar-refractivity contribution in [2.45, 2.75) is 96.0 Å². The number of nitrogens with two attached hydrogens (primary N) is 1. The van der Waals surface area contributed by atoms with Crippen LogP contribution in [0, 0.1) is 40.9 Å². The Morgan fingerprint density at radius 2 is 1.82 bits per heavy atom. The highest BCUT2D eigenvalue weighted by molar-refractivity contribution is 6.06. The fraction of sp³-hybridized carbons (Fsp3) is 0.524. The van der Waals surface area contributed by atoms with Crippen LogP contribution >= 0.6 is 0 Å². The molecule has 3 aliphatic carbocycles. The van der Waals surface area contributed by atoms with Gasteiger partial charge in [0.05, 0.1) is 18.8 Å². The van der Waals surface area contributed by atoms with E-state index in [-0.39, 0.29) is 35.2 Å². The van der Waals surface area contributed by atoms with E-state index in [0.29, 0.717) is 43.3 Å². The van der Waals surface area contributed by atoms with Crippen molar-refractivity contribution in [1.29, 1.82) is 0 Å². The van der Waals surface area contributed by atoms with Crippen molar-refractivity contribution in [1.82, 2.24) is 5.32 Å². The first-order valence-electron chi connectivity index (χ1n) is 18.3. The van der Waals surface area contributed by atoms with Crippen LogP contribution in [0.4, 0.5) is 0 Å². The molecule has 1 heterocycles. The Bertz CT molecular complexity index is 1640. The summed E-state index contributed by atoms with van der Waals surface area (Å²) >= 11 is 0. The number of aryl methyl sites for hydroxylation is 1. The number of hydrogen-bond donors (Lipinski definition) is 4. The van der Waals surface area contributed by atoms with E-state index in [1.165, 1.54) is 25.5 Å². The number of nitrogens with one attached hydrogen (secondary N) is 1. The van der Waals surface area contributed by atoms with Gasteiger partial charge in [0.2, 0.25) is 0 Å². The Balaban J connectivity index is 1.49. The lowest BCUT2D eigenvalue weighted by Gasteiger charge is -2.40. The van der Waals surface area contributed by atoms with Gasteiger partial charge in [-0.1, -0.05) is 74.4 Å². The number of aliphatic hydroxyl groups is 1. The maximum absolute atomic E-state index is 14.4. The lowest BCUT2D eigenvalue weighted by molar-refractivity contribution is -0.142. The number of methoxy groups -OCH3 is 1. The molecule has 6 atom stereocenters. The summed E-state index contributed by atoms with van der Waals surface area (Å²) in [4.78, 5) is 28.1. The van der Waals surface area contributed by atoms with Crippen molar-refractivity contribution in [3.63, 3.8) is 0 Å². The van der Waals surface area contributed by atoms with E-state index in [9.17, 15) is 19.8 Å². The molecule has 2 fully saturated rings. The van der Waals surface area contributed by atoms with Gasteiger partial charge in [-0.25, -0.2) is 0 Å². The van der Waals surface area contributed by atoms with E-state index in [2.05, 4.69) is 30.2 Å². The van der Waals surface area contributed by atoms with E-state index in [4.69, 9.17) is 10.5 Å². The summed E-state index contributed by atoms with van der Waals surface area (Å²) in [6, 6.07) is 13.5. The third-order valence-electron chi connectivity index (χ3n) is 11.9. The minimum atomic E-state index is -1.68. The number of phenols is 1. The molecule has 0 radical (unpaired) electrons. The zero-order valence-electron chi connectivity index (χ0n) is 29.0. The number of aliphatic hydroxyl groups excluding tert-OH is 1. The van der Waals surface area contributed by atoms with Crippen molar-refractivity contribution >= 4 is 11.6 Å². The smallest absolute Gasteiger partial charge is 0.173 e. The number of hydrogen-bond acceptors (Lipinski definition) is 7. The van der Waals surface area contributed by atoms with E-state index >= 15 is 0 Å². The van der Waals surface area contributed by atoms with Gasteiger partial charge in [0.1, 0.15) is 0 Å². The molecule has 1 aliphatic heterocycles. The number of aromatic hydroxyl groups is 1. The standard InChI is InChI=1S/C42H52N2O5/c1-3-16-42(17-7-8-18-42)32-22-28(20-27-15-19-44-39(43)23-27)21-30-11-13-33(29-9-5-4-6-10-29)34-26-37(46)38(49-2)24-31(34)12-14-36(45)41(48)40(47)35(30)25-32/h4-6,9-10,15,23-24,26,28,30,32-33,35,41,44,46,48H,3,7-8,12,14,16-22,25,43H2,1-2H3/t28-,30-,32+,33-,35-,41+/m1/s1. The molecule has 0 spiro atoms. The first kappa shape index (κ1) is 34.8. The normalized spacial score (nSPS) is 28.6. The van der Waals surface area contributed by atoms with Gasteiger partial charge in [0.25, 0.3) is 0 Å². The first-order valence-corrected chi connectivity index (χ1v) is 18.3. The molecule has 2 saturated carbocycles. The van der Waals surface area contributed by atoms with Crippen LogP contribution in [0.25, 0.3) is 0 Å². The van der Waals surface area contributed by atoms with E-state index in [1.807, 2.05) is 36.4 Å². The zero-order valence-corrected chi connectivity index (χ0v) is 29.0. The van der Waals surface area contributed by atoms with Crippen LogP contribution in [0.15, 0.2) is 66.0 Å². The third kappa shape index (κ3) is 7.60. The van der Waals surface area contributed by atoms with Gasteiger partial charge in [0.15, 0.2) is 29.2 Å². The Hall–Kier alpha value is -4.02. The molecule has 260 valence electrons. The second-order valence-electron chi connectivity index (χ2n) is 14.9. The molecule has 2 aromatic rings. The van der Waals surface area contributed by atoms with Crippen LogP contribution in [0.1, 0.15) is 100 Å². The Morgan fingerprint density at radius 1 is 1.04 bits per heavy atom. The number of Topliss-reactive ketones (excluding diaryl/α,β-unsaturated/α-hetero) is 2. The summed E-state index contributed by atoms with van der Waals surface area (Å²) < 4.78 is 5.44. The van der Waals surface area contributed by atoms with Crippen molar-refractivity contribution in [3.8, 4) is 23.3 Å². The number of carbonyl (C=O) groups excluding carboxylic acids is 2. The second kappa shape index (κ2) is 15.3. The quantitative estimate of drug-likeness (QED) is 0.192. The Labute approximate surface area is 291 Å². The van der Waals surface area contributed by atoms with Crippen LogP contribution in [0.2, 0.25) is 0 Å². The molecule has 0 bridgehead atoms. The SMILES string of the molecule is CCCC1([C@H]2C[C@H](CC3=CCNC(N)=C3)C[C@H]3C#C[C@H](c4ccccc4)c4cc(O)c(OC)cc4CCC(=O)[C@H](O)C(=O)[C@@H]3C2)CCCC1. The average Bonchev–Trinajstić information content (AvgIpc) is 3.50. The average molecular weight is 665 g/mol. The predicted octanol–water partition coefficient (Wildman–Crippen LogP) is 6.71. The third-order valence-corrected chi connectivity index (χ3v) is 11.9. The molecule has 0 unspecified atom stereocenters. The van der Waals surface area contributed by atoms with Crippen LogP contribution in [0.3, 0.4) is 0 Å². The van der Waals surface area contributed by atoms with Crippen molar-refractivity contribution in [3.05, 3.63) is 82.7 Å². The monoisotopic (exact) mass is 664 g/mol. The van der Waals surface area contributed by atoms with Gasteiger partial charge >= 0.3 is 0 Å². The molecular formula is C42H52N2O5. The van der Waals surface area contributed by atoms with Crippen LogP contribution in [-0.4, -0.2) is 41.5 Å². The molecule has 7 heteroatoms. The molecule has 4 aliphatic rings. The molecule has 49 heavy (non-hydrogen) atoms. The number of rotatable bonds is 7. The highest BCUT2D eigenvalue weighted by atomic mass is 16.5. The van der Waals surface area contributed by atoms with Crippen molar-refractivity contribution < 1.29 is 24.5 Å². The van der Waals surface area contributed by atoms with Gasteiger partial charge in [0, 0.05) is 24.8 Å². The highest BCUT2D eigenvalue weighted by Gasteiger charge is 2.47. The number of phenolic OH excluding ortho intramolecular Hbond substituents is 1. The minimum Gasteiger partial charge on any atom is -0.504 e. The van der Waals surface area contributed by atoms with E-state index in [0.717, 1.165) is 55.2 Å². The highest BCUT2D eigenvalue weighted by Crippen LogP contribution is 2.55. The van der Waals surface area contributed by atoms with Gasteiger partial charge in [-0.3, -0.25) is 9.59 Å². The maximum atomic E-state index is 14.4. The van der Waals surface area contributed by atoms with Crippen LogP contribution in [0.5, 0.6) is 11.5 Å².